The van der Waals surface area contributed by atoms with E-state index in [2.05, 4.69) is 55.5 Å². The predicted octanol–water partition coefficient (Wildman–Crippen LogP) is 5.88. The average Bonchev–Trinajstić information content (AvgIpc) is 2.64. The van der Waals surface area contributed by atoms with Gasteiger partial charge in [0.2, 0.25) is 0 Å². The summed E-state index contributed by atoms with van der Waals surface area (Å²) in [6.07, 6.45) is 0.834. The molecule has 0 unspecified atom stereocenters. The fraction of sp³-hybridized carbons (Fsp3) is 0.280. The second kappa shape index (κ2) is 7.11. The molecule has 0 bridgehead atoms. The Balaban J connectivity index is 2.24. The summed E-state index contributed by atoms with van der Waals surface area (Å²) in [4.78, 5) is 0. The fourth-order valence-electron chi connectivity index (χ4n) is 3.92. The maximum absolute atomic E-state index is 10.2. The van der Waals surface area contributed by atoms with Crippen LogP contribution in [0.2, 0.25) is 0 Å². The molecular weight excluding hydrogens is 332 g/mol. The van der Waals surface area contributed by atoms with Gasteiger partial charge in [-0.05, 0) is 73.1 Å². The molecular formula is C25H28O2. The van der Waals surface area contributed by atoms with Crippen LogP contribution in [0, 0.1) is 27.7 Å². The topological polar surface area (TPSA) is 40.5 Å². The summed E-state index contributed by atoms with van der Waals surface area (Å²) in [5.74, 6) is 0.720. The maximum Gasteiger partial charge on any atom is 0.121 e. The minimum absolute atomic E-state index is 0.284. The standard InChI is InChI=1S/C25H28O2/c1-16-11-21(12-17(2)23(16)26)25(5,15-20-9-7-6-8-10-20)22-13-18(3)24(27)19(4)14-22/h6-14,26-27H,15H2,1-5H3. The van der Waals surface area contributed by atoms with Gasteiger partial charge in [0, 0.05) is 5.41 Å². The van der Waals surface area contributed by atoms with Crippen molar-refractivity contribution in [1.29, 1.82) is 0 Å². The van der Waals surface area contributed by atoms with Crippen molar-refractivity contribution in [2.75, 3.05) is 0 Å². The lowest BCUT2D eigenvalue weighted by Crippen LogP contribution is -2.27. The molecule has 27 heavy (non-hydrogen) atoms. The number of rotatable bonds is 4. The summed E-state index contributed by atoms with van der Waals surface area (Å²) in [6.45, 7) is 10.0. The summed E-state index contributed by atoms with van der Waals surface area (Å²) in [7, 11) is 0. The van der Waals surface area contributed by atoms with Gasteiger partial charge in [0.1, 0.15) is 11.5 Å². The lowest BCUT2D eigenvalue weighted by molar-refractivity contribution is 0.463. The predicted molar refractivity (Wildman–Crippen MR) is 112 cm³/mol. The third kappa shape index (κ3) is 3.57. The Morgan fingerprint density at radius 2 is 1.04 bits per heavy atom. The first kappa shape index (κ1) is 19.0. The van der Waals surface area contributed by atoms with Crippen molar-refractivity contribution in [2.45, 2.75) is 46.5 Å². The lowest BCUT2D eigenvalue weighted by Gasteiger charge is -2.33. The van der Waals surface area contributed by atoms with E-state index in [1.807, 2.05) is 33.8 Å². The molecule has 0 saturated heterocycles. The largest absolute Gasteiger partial charge is 0.507 e. The van der Waals surface area contributed by atoms with Gasteiger partial charge in [-0.25, -0.2) is 0 Å². The van der Waals surface area contributed by atoms with Gasteiger partial charge in [0.25, 0.3) is 0 Å². The SMILES string of the molecule is Cc1cc(C(C)(Cc2ccccc2)c2cc(C)c(O)c(C)c2)cc(C)c1O. The summed E-state index contributed by atoms with van der Waals surface area (Å²) < 4.78 is 0. The molecule has 0 saturated carbocycles. The molecule has 0 aliphatic rings. The second-order valence-electron chi connectivity index (χ2n) is 7.91. The molecule has 0 fully saturated rings. The molecule has 0 heterocycles. The van der Waals surface area contributed by atoms with Crippen LogP contribution in [0.15, 0.2) is 54.6 Å². The van der Waals surface area contributed by atoms with E-state index in [9.17, 15) is 10.2 Å². The molecule has 3 rings (SSSR count). The fourth-order valence-corrected chi connectivity index (χ4v) is 3.92. The van der Waals surface area contributed by atoms with E-state index >= 15 is 0 Å². The highest BCUT2D eigenvalue weighted by atomic mass is 16.3. The molecule has 0 radical (unpaired) electrons. The molecule has 0 amide bonds. The number of benzene rings is 3. The van der Waals surface area contributed by atoms with Crippen LogP contribution in [0.3, 0.4) is 0 Å². The van der Waals surface area contributed by atoms with Gasteiger partial charge in [-0.3, -0.25) is 0 Å². The Kier molecular flexibility index (Phi) is 5.01. The van der Waals surface area contributed by atoms with Crippen LogP contribution in [0.5, 0.6) is 11.5 Å². The second-order valence-corrected chi connectivity index (χ2v) is 7.91. The molecule has 2 heteroatoms. The van der Waals surface area contributed by atoms with Crippen LogP contribution in [0.4, 0.5) is 0 Å². The smallest absolute Gasteiger partial charge is 0.121 e. The molecule has 0 aliphatic carbocycles. The van der Waals surface area contributed by atoms with Crippen molar-refractivity contribution >= 4 is 0 Å². The molecule has 0 spiro atoms. The molecule has 3 aromatic rings. The summed E-state index contributed by atoms with van der Waals surface area (Å²) in [5.41, 5.74) is 6.86. The van der Waals surface area contributed by atoms with Gasteiger partial charge in [-0.1, -0.05) is 61.5 Å². The van der Waals surface area contributed by atoms with Crippen LogP contribution >= 0.6 is 0 Å². The third-order valence-corrected chi connectivity index (χ3v) is 5.66. The highest BCUT2D eigenvalue weighted by Gasteiger charge is 2.31. The van der Waals surface area contributed by atoms with Crippen LogP contribution in [-0.2, 0) is 11.8 Å². The monoisotopic (exact) mass is 360 g/mol. The van der Waals surface area contributed by atoms with Crippen molar-refractivity contribution in [3.8, 4) is 11.5 Å². The van der Waals surface area contributed by atoms with E-state index in [0.29, 0.717) is 11.5 Å². The highest BCUT2D eigenvalue weighted by molar-refractivity contribution is 5.52. The average molecular weight is 360 g/mol. The zero-order chi connectivity index (χ0) is 19.8. The summed E-state index contributed by atoms with van der Waals surface area (Å²) in [6, 6.07) is 18.8. The Morgan fingerprint density at radius 3 is 1.41 bits per heavy atom. The molecule has 140 valence electrons. The Bertz CT molecular complexity index is 867. The van der Waals surface area contributed by atoms with Crippen LogP contribution in [-0.4, -0.2) is 10.2 Å². The first-order chi connectivity index (χ1) is 12.7. The van der Waals surface area contributed by atoms with Gasteiger partial charge in [0.05, 0.1) is 0 Å². The van der Waals surface area contributed by atoms with E-state index in [4.69, 9.17) is 0 Å². The Morgan fingerprint density at radius 1 is 0.667 bits per heavy atom. The molecule has 0 atom stereocenters. The van der Waals surface area contributed by atoms with Gasteiger partial charge in [-0.2, -0.15) is 0 Å². The van der Waals surface area contributed by atoms with Crippen molar-refractivity contribution in [3.63, 3.8) is 0 Å². The van der Waals surface area contributed by atoms with Crippen LogP contribution in [0.25, 0.3) is 0 Å². The molecule has 0 aliphatic heterocycles. The number of hydrogen-bond acceptors (Lipinski definition) is 2. The number of phenols is 2. The van der Waals surface area contributed by atoms with Gasteiger partial charge >= 0.3 is 0 Å². The van der Waals surface area contributed by atoms with Crippen molar-refractivity contribution in [1.82, 2.24) is 0 Å². The Hall–Kier alpha value is -2.74. The molecule has 2 N–H and O–H groups in total. The highest BCUT2D eigenvalue weighted by Crippen LogP contribution is 2.40. The number of hydrogen-bond donors (Lipinski definition) is 2. The van der Waals surface area contributed by atoms with Crippen LogP contribution in [0.1, 0.15) is 45.9 Å². The first-order valence-electron chi connectivity index (χ1n) is 9.37. The summed E-state index contributed by atoms with van der Waals surface area (Å²) in [5, 5.41) is 20.5. The van der Waals surface area contributed by atoms with Gasteiger partial charge < -0.3 is 10.2 Å². The normalized spacial score (nSPS) is 11.6. The van der Waals surface area contributed by atoms with Gasteiger partial charge in [-0.15, -0.1) is 0 Å². The molecule has 3 aromatic carbocycles. The molecule has 0 aromatic heterocycles. The van der Waals surface area contributed by atoms with E-state index in [1.54, 1.807) is 0 Å². The minimum atomic E-state index is -0.284. The lowest BCUT2D eigenvalue weighted by atomic mass is 9.70. The van der Waals surface area contributed by atoms with Crippen molar-refractivity contribution < 1.29 is 10.2 Å². The zero-order valence-electron chi connectivity index (χ0n) is 16.8. The molecule has 2 nitrogen and oxygen atoms in total. The van der Waals surface area contributed by atoms with Crippen molar-refractivity contribution in [3.05, 3.63) is 93.5 Å². The van der Waals surface area contributed by atoms with E-state index in [0.717, 1.165) is 28.7 Å². The zero-order valence-corrected chi connectivity index (χ0v) is 16.8. The van der Waals surface area contributed by atoms with E-state index < -0.39 is 0 Å². The van der Waals surface area contributed by atoms with E-state index in [-0.39, 0.29) is 5.41 Å². The quantitative estimate of drug-likeness (QED) is 0.610. The van der Waals surface area contributed by atoms with E-state index in [1.165, 1.54) is 16.7 Å². The maximum atomic E-state index is 10.2. The number of aromatic hydroxyl groups is 2. The summed E-state index contributed by atoms with van der Waals surface area (Å²) >= 11 is 0. The Labute approximate surface area is 162 Å². The van der Waals surface area contributed by atoms with Gasteiger partial charge in [0.15, 0.2) is 0 Å². The minimum Gasteiger partial charge on any atom is -0.507 e. The number of phenolic OH excluding ortho intramolecular Hbond substituents is 2. The first-order valence-corrected chi connectivity index (χ1v) is 9.37. The third-order valence-electron chi connectivity index (χ3n) is 5.66. The van der Waals surface area contributed by atoms with Crippen molar-refractivity contribution in [2.24, 2.45) is 0 Å². The van der Waals surface area contributed by atoms with Crippen LogP contribution < -0.4 is 0 Å². The number of aryl methyl sites for hydroxylation is 4.